The Balaban J connectivity index is 1.71. The molecule has 3 heteroatoms. The number of hydrogen-bond donors (Lipinski definition) is 1. The molecule has 1 saturated heterocycles. The van der Waals surface area contributed by atoms with Crippen LogP contribution in [0.5, 0.6) is 5.75 Å². The molecule has 106 valence electrons. The third-order valence-corrected chi connectivity index (χ3v) is 3.69. The minimum absolute atomic E-state index is 0.648. The number of nitrogens with zero attached hydrogens (tertiary/aromatic N) is 1. The Bertz CT molecular complexity index is 385. The van der Waals surface area contributed by atoms with Gasteiger partial charge in [-0.05, 0) is 50.5 Å². The van der Waals surface area contributed by atoms with Crippen LogP contribution in [-0.2, 0) is 0 Å². The molecule has 19 heavy (non-hydrogen) atoms. The first-order valence-corrected chi connectivity index (χ1v) is 7.31. The lowest BCUT2D eigenvalue weighted by Crippen LogP contribution is -2.50. The summed E-state index contributed by atoms with van der Waals surface area (Å²) in [6, 6.07) is 7.05. The fraction of sp³-hybridized carbons (Fsp3) is 0.625. The summed E-state index contributed by atoms with van der Waals surface area (Å²) in [4.78, 5) is 2.54. The number of aryl methyl sites for hydroxylation is 2. The van der Waals surface area contributed by atoms with E-state index in [-0.39, 0.29) is 0 Å². The summed E-state index contributed by atoms with van der Waals surface area (Å²) in [6.07, 6.45) is 1.09. The number of piperazine rings is 1. The Hall–Kier alpha value is -1.06. The second-order valence-electron chi connectivity index (χ2n) is 5.61. The van der Waals surface area contributed by atoms with Crippen LogP contribution in [0.2, 0.25) is 0 Å². The van der Waals surface area contributed by atoms with Crippen LogP contribution in [0.25, 0.3) is 0 Å². The standard InChI is InChI=1S/C16H26N2O/c1-13-9-14(2)11-16(10-13)19-8-4-6-18-7-5-17-12-15(18)3/h9-11,15,17H,4-8,12H2,1-3H3. The quantitative estimate of drug-likeness (QED) is 0.825. The Morgan fingerprint density at radius 1 is 1.26 bits per heavy atom. The van der Waals surface area contributed by atoms with Crippen molar-refractivity contribution in [2.75, 3.05) is 32.8 Å². The number of rotatable bonds is 5. The molecule has 3 nitrogen and oxygen atoms in total. The van der Waals surface area contributed by atoms with Crippen molar-refractivity contribution in [2.24, 2.45) is 0 Å². The predicted molar refractivity (Wildman–Crippen MR) is 79.9 cm³/mol. The SMILES string of the molecule is Cc1cc(C)cc(OCCCN2CCNCC2C)c1. The lowest BCUT2D eigenvalue weighted by Gasteiger charge is -2.33. The maximum Gasteiger partial charge on any atom is 0.119 e. The fourth-order valence-electron chi connectivity index (χ4n) is 2.69. The van der Waals surface area contributed by atoms with Crippen molar-refractivity contribution in [1.29, 1.82) is 0 Å². The molecule has 0 amide bonds. The molecule has 0 aromatic heterocycles. The summed E-state index contributed by atoms with van der Waals surface area (Å²) in [6.45, 7) is 11.8. The van der Waals surface area contributed by atoms with Gasteiger partial charge in [0.25, 0.3) is 0 Å². The number of hydrogen-bond acceptors (Lipinski definition) is 3. The van der Waals surface area contributed by atoms with Crippen LogP contribution in [0.4, 0.5) is 0 Å². The van der Waals surface area contributed by atoms with Crippen molar-refractivity contribution in [3.05, 3.63) is 29.3 Å². The van der Waals surface area contributed by atoms with Gasteiger partial charge in [-0.25, -0.2) is 0 Å². The van der Waals surface area contributed by atoms with Crippen molar-refractivity contribution in [1.82, 2.24) is 10.2 Å². The van der Waals surface area contributed by atoms with Gasteiger partial charge in [-0.1, -0.05) is 6.07 Å². The van der Waals surface area contributed by atoms with Gasteiger partial charge in [0.15, 0.2) is 0 Å². The second kappa shape index (κ2) is 6.92. The molecule has 0 saturated carbocycles. The van der Waals surface area contributed by atoms with E-state index in [0.717, 1.165) is 45.0 Å². The van der Waals surface area contributed by atoms with Crippen LogP contribution in [0.3, 0.4) is 0 Å². The molecule has 1 aliphatic heterocycles. The summed E-state index contributed by atoms with van der Waals surface area (Å²) < 4.78 is 5.85. The zero-order valence-corrected chi connectivity index (χ0v) is 12.4. The minimum atomic E-state index is 0.648. The molecule has 1 N–H and O–H groups in total. The van der Waals surface area contributed by atoms with Crippen molar-refractivity contribution < 1.29 is 4.74 Å². The summed E-state index contributed by atoms with van der Waals surface area (Å²) in [5, 5.41) is 3.42. The summed E-state index contributed by atoms with van der Waals surface area (Å²) >= 11 is 0. The molecule has 1 aromatic rings. The molecule has 0 aliphatic carbocycles. The lowest BCUT2D eigenvalue weighted by molar-refractivity contribution is 0.160. The predicted octanol–water partition coefficient (Wildman–Crippen LogP) is 2.37. The Labute approximate surface area is 116 Å². The van der Waals surface area contributed by atoms with E-state index in [4.69, 9.17) is 4.74 Å². The normalized spacial score (nSPS) is 20.5. The topological polar surface area (TPSA) is 24.5 Å². The van der Waals surface area contributed by atoms with Gasteiger partial charge in [-0.3, -0.25) is 4.90 Å². The maximum absolute atomic E-state index is 5.85. The third-order valence-electron chi connectivity index (χ3n) is 3.69. The Kier molecular flexibility index (Phi) is 5.23. The Morgan fingerprint density at radius 3 is 2.68 bits per heavy atom. The molecule has 1 aromatic carbocycles. The first-order valence-electron chi connectivity index (χ1n) is 7.31. The summed E-state index contributed by atoms with van der Waals surface area (Å²) in [5.41, 5.74) is 2.54. The number of benzene rings is 1. The van der Waals surface area contributed by atoms with Crippen molar-refractivity contribution in [3.8, 4) is 5.75 Å². The van der Waals surface area contributed by atoms with Crippen LogP contribution in [-0.4, -0.2) is 43.7 Å². The van der Waals surface area contributed by atoms with Gasteiger partial charge in [-0.15, -0.1) is 0 Å². The van der Waals surface area contributed by atoms with Gasteiger partial charge in [0.1, 0.15) is 5.75 Å². The van der Waals surface area contributed by atoms with Gasteiger partial charge in [0, 0.05) is 32.2 Å². The summed E-state index contributed by atoms with van der Waals surface area (Å²) in [5.74, 6) is 1.01. The maximum atomic E-state index is 5.85. The average molecular weight is 262 g/mol. The van der Waals surface area contributed by atoms with Gasteiger partial charge in [0.05, 0.1) is 6.61 Å². The third kappa shape index (κ3) is 4.51. The highest BCUT2D eigenvalue weighted by Gasteiger charge is 2.16. The first-order chi connectivity index (χ1) is 9.15. The van der Waals surface area contributed by atoms with E-state index >= 15 is 0 Å². The molecular formula is C16H26N2O. The van der Waals surface area contributed by atoms with Gasteiger partial charge >= 0.3 is 0 Å². The molecular weight excluding hydrogens is 236 g/mol. The molecule has 2 rings (SSSR count). The van der Waals surface area contributed by atoms with E-state index in [1.165, 1.54) is 11.1 Å². The number of nitrogens with one attached hydrogen (secondary N) is 1. The van der Waals surface area contributed by atoms with E-state index in [1.54, 1.807) is 0 Å². The van der Waals surface area contributed by atoms with Crippen molar-refractivity contribution in [2.45, 2.75) is 33.2 Å². The molecule has 0 radical (unpaired) electrons. The van der Waals surface area contributed by atoms with Crippen LogP contribution >= 0.6 is 0 Å². The van der Waals surface area contributed by atoms with Crippen LogP contribution < -0.4 is 10.1 Å². The monoisotopic (exact) mass is 262 g/mol. The van der Waals surface area contributed by atoms with E-state index in [1.807, 2.05) is 0 Å². The highest BCUT2D eigenvalue weighted by Crippen LogP contribution is 2.16. The zero-order chi connectivity index (χ0) is 13.7. The van der Waals surface area contributed by atoms with E-state index in [0.29, 0.717) is 6.04 Å². The smallest absolute Gasteiger partial charge is 0.119 e. The molecule has 1 atom stereocenters. The van der Waals surface area contributed by atoms with Crippen LogP contribution in [0.15, 0.2) is 18.2 Å². The molecule has 1 fully saturated rings. The van der Waals surface area contributed by atoms with Gasteiger partial charge in [-0.2, -0.15) is 0 Å². The van der Waals surface area contributed by atoms with E-state index in [9.17, 15) is 0 Å². The van der Waals surface area contributed by atoms with E-state index in [2.05, 4.69) is 49.2 Å². The molecule has 1 heterocycles. The van der Waals surface area contributed by atoms with Crippen molar-refractivity contribution >= 4 is 0 Å². The largest absolute Gasteiger partial charge is 0.494 e. The fourth-order valence-corrected chi connectivity index (χ4v) is 2.69. The highest BCUT2D eigenvalue weighted by atomic mass is 16.5. The molecule has 1 aliphatic rings. The molecule has 0 bridgehead atoms. The second-order valence-corrected chi connectivity index (χ2v) is 5.61. The first kappa shape index (κ1) is 14.4. The van der Waals surface area contributed by atoms with Gasteiger partial charge in [0.2, 0.25) is 0 Å². The highest BCUT2D eigenvalue weighted by molar-refractivity contribution is 5.32. The molecule has 0 spiro atoms. The van der Waals surface area contributed by atoms with Gasteiger partial charge < -0.3 is 10.1 Å². The number of ether oxygens (including phenoxy) is 1. The van der Waals surface area contributed by atoms with Crippen molar-refractivity contribution in [3.63, 3.8) is 0 Å². The zero-order valence-electron chi connectivity index (χ0n) is 12.4. The van der Waals surface area contributed by atoms with Crippen LogP contribution in [0.1, 0.15) is 24.5 Å². The lowest BCUT2D eigenvalue weighted by atomic mass is 10.1. The average Bonchev–Trinajstić information content (AvgIpc) is 2.35. The minimum Gasteiger partial charge on any atom is -0.494 e. The van der Waals surface area contributed by atoms with E-state index < -0.39 is 0 Å². The molecule has 1 unspecified atom stereocenters. The summed E-state index contributed by atoms with van der Waals surface area (Å²) in [7, 11) is 0. The Morgan fingerprint density at radius 2 is 2.00 bits per heavy atom. The van der Waals surface area contributed by atoms with Crippen LogP contribution in [0, 0.1) is 13.8 Å².